The molecule has 34 heavy (non-hydrogen) atoms. The number of imide groups is 1. The average molecular weight is 456 g/mol. The Morgan fingerprint density at radius 3 is 2.15 bits per heavy atom. The molecule has 4 atom stereocenters. The summed E-state index contributed by atoms with van der Waals surface area (Å²) in [4.78, 5) is 28.2. The van der Waals surface area contributed by atoms with Crippen molar-refractivity contribution in [3.63, 3.8) is 0 Å². The zero-order valence-corrected chi connectivity index (χ0v) is 18.6. The standard InChI is InChI=1S/C27H25N3O4/c1-34-21-14-12-18(13-15-21)25(31)23-17-16-22-24(30(23)28-19-8-4-2-5-9-19)27(33)29(26(22)32)20-10-6-3-7-11-20/h2-17,22-25,28,31H,1H3/t22-,23-,24+,25-/m1/s1. The molecule has 0 radical (unpaired) electrons. The molecule has 0 aliphatic carbocycles. The first-order chi connectivity index (χ1) is 16.6. The summed E-state index contributed by atoms with van der Waals surface area (Å²) in [5.74, 6) is -0.594. The summed E-state index contributed by atoms with van der Waals surface area (Å²) < 4.78 is 5.22. The highest BCUT2D eigenvalue weighted by Crippen LogP contribution is 2.38. The van der Waals surface area contributed by atoms with Gasteiger partial charge in [0.25, 0.3) is 5.91 Å². The van der Waals surface area contributed by atoms with Crippen LogP contribution in [0, 0.1) is 5.92 Å². The van der Waals surface area contributed by atoms with Crippen molar-refractivity contribution in [2.75, 3.05) is 17.4 Å². The van der Waals surface area contributed by atoms with E-state index in [0.29, 0.717) is 17.0 Å². The molecule has 3 aromatic rings. The molecule has 2 N–H and O–H groups in total. The van der Waals surface area contributed by atoms with E-state index < -0.39 is 24.1 Å². The van der Waals surface area contributed by atoms with Gasteiger partial charge in [-0.1, -0.05) is 60.7 Å². The van der Waals surface area contributed by atoms with Crippen molar-refractivity contribution >= 4 is 23.2 Å². The van der Waals surface area contributed by atoms with E-state index in [9.17, 15) is 14.7 Å². The Balaban J connectivity index is 1.52. The molecule has 2 amide bonds. The predicted octanol–water partition coefficient (Wildman–Crippen LogP) is 3.55. The van der Waals surface area contributed by atoms with Crippen LogP contribution in [0.15, 0.2) is 97.1 Å². The lowest BCUT2D eigenvalue weighted by Crippen LogP contribution is -2.55. The number of amides is 2. The van der Waals surface area contributed by atoms with Crippen LogP contribution < -0.4 is 15.1 Å². The number of benzene rings is 3. The van der Waals surface area contributed by atoms with Gasteiger partial charge in [-0.3, -0.25) is 9.59 Å². The summed E-state index contributed by atoms with van der Waals surface area (Å²) in [5.41, 5.74) is 5.25. The number of nitrogens with one attached hydrogen (secondary N) is 1. The summed E-state index contributed by atoms with van der Waals surface area (Å²) in [6.45, 7) is 0. The van der Waals surface area contributed by atoms with E-state index in [-0.39, 0.29) is 11.8 Å². The summed E-state index contributed by atoms with van der Waals surface area (Å²) in [7, 11) is 1.59. The maximum absolute atomic E-state index is 13.6. The van der Waals surface area contributed by atoms with Crippen LogP contribution in [0.25, 0.3) is 0 Å². The van der Waals surface area contributed by atoms with E-state index in [1.54, 1.807) is 72.8 Å². The minimum atomic E-state index is -0.951. The number of rotatable bonds is 6. The second kappa shape index (κ2) is 9.13. The predicted molar refractivity (Wildman–Crippen MR) is 129 cm³/mol. The fourth-order valence-electron chi connectivity index (χ4n) is 4.56. The van der Waals surface area contributed by atoms with E-state index in [1.807, 2.05) is 36.4 Å². The van der Waals surface area contributed by atoms with Gasteiger partial charge in [-0.15, -0.1) is 0 Å². The summed E-state index contributed by atoms with van der Waals surface area (Å²) in [6, 6.07) is 24.1. The van der Waals surface area contributed by atoms with Gasteiger partial charge < -0.3 is 15.3 Å². The number of aliphatic hydroxyl groups excluding tert-OH is 1. The summed E-state index contributed by atoms with van der Waals surface area (Å²) in [6.07, 6.45) is 2.59. The van der Waals surface area contributed by atoms with Crippen LogP contribution >= 0.6 is 0 Å². The Hall–Kier alpha value is -3.94. The van der Waals surface area contributed by atoms with E-state index >= 15 is 0 Å². The third-order valence-corrected chi connectivity index (χ3v) is 6.28. The number of hydrogen-bond acceptors (Lipinski definition) is 6. The van der Waals surface area contributed by atoms with Crippen LogP contribution in [0.4, 0.5) is 11.4 Å². The van der Waals surface area contributed by atoms with Crippen molar-refractivity contribution in [1.82, 2.24) is 5.01 Å². The highest BCUT2D eigenvalue weighted by molar-refractivity contribution is 6.24. The van der Waals surface area contributed by atoms with Crippen molar-refractivity contribution in [3.8, 4) is 5.75 Å². The Morgan fingerprint density at radius 1 is 0.853 bits per heavy atom. The molecule has 0 aromatic heterocycles. The molecular formula is C27H25N3O4. The molecule has 1 fully saturated rings. The number of methoxy groups -OCH3 is 1. The monoisotopic (exact) mass is 455 g/mol. The molecule has 5 rings (SSSR count). The van der Waals surface area contributed by atoms with Crippen molar-refractivity contribution in [2.24, 2.45) is 5.92 Å². The fourth-order valence-corrected chi connectivity index (χ4v) is 4.56. The van der Waals surface area contributed by atoms with Crippen LogP contribution in [0.3, 0.4) is 0 Å². The number of ether oxygens (including phenoxy) is 1. The number of hydrogen-bond donors (Lipinski definition) is 2. The van der Waals surface area contributed by atoms with Crippen LogP contribution in [0.5, 0.6) is 5.75 Å². The van der Waals surface area contributed by atoms with Gasteiger partial charge in [-0.2, -0.15) is 0 Å². The molecule has 0 saturated carbocycles. The first-order valence-electron chi connectivity index (χ1n) is 11.1. The molecule has 1 saturated heterocycles. The summed E-state index contributed by atoms with van der Waals surface area (Å²) >= 11 is 0. The first kappa shape index (κ1) is 21.9. The molecule has 3 aromatic carbocycles. The quantitative estimate of drug-likeness (QED) is 0.437. The smallest absolute Gasteiger partial charge is 0.254 e. The third kappa shape index (κ3) is 3.85. The third-order valence-electron chi connectivity index (χ3n) is 6.28. The molecule has 2 aliphatic rings. The van der Waals surface area contributed by atoms with E-state index in [1.165, 1.54) is 4.90 Å². The number of hydrazine groups is 1. The number of carbonyl (C=O) groups is 2. The fraction of sp³-hybridized carbons (Fsp3) is 0.185. The normalized spacial score (nSPS) is 23.0. The minimum absolute atomic E-state index is 0.283. The lowest BCUT2D eigenvalue weighted by molar-refractivity contribution is -0.123. The number of carbonyl (C=O) groups excluding carboxylic acids is 2. The lowest BCUT2D eigenvalue weighted by atomic mass is 9.90. The molecule has 0 bridgehead atoms. The van der Waals surface area contributed by atoms with Gasteiger partial charge in [0, 0.05) is 5.69 Å². The molecule has 2 aliphatic heterocycles. The molecule has 7 heteroatoms. The second-order valence-corrected chi connectivity index (χ2v) is 8.30. The van der Waals surface area contributed by atoms with Crippen molar-refractivity contribution < 1.29 is 19.4 Å². The molecule has 172 valence electrons. The van der Waals surface area contributed by atoms with Crippen molar-refractivity contribution in [1.29, 1.82) is 0 Å². The summed E-state index contributed by atoms with van der Waals surface area (Å²) in [5, 5.41) is 13.0. The molecule has 0 spiro atoms. The zero-order valence-electron chi connectivity index (χ0n) is 18.6. The number of nitrogens with zero attached hydrogens (tertiary/aromatic N) is 2. The van der Waals surface area contributed by atoms with Crippen LogP contribution in [-0.4, -0.2) is 41.1 Å². The Bertz CT molecular complexity index is 1200. The Kier molecular flexibility index (Phi) is 5.88. The molecule has 7 nitrogen and oxygen atoms in total. The first-order valence-corrected chi connectivity index (χ1v) is 11.1. The second-order valence-electron chi connectivity index (χ2n) is 8.30. The number of anilines is 2. The van der Waals surface area contributed by atoms with Gasteiger partial charge in [0.05, 0.1) is 30.9 Å². The van der Waals surface area contributed by atoms with Gasteiger partial charge in [0.2, 0.25) is 5.91 Å². The maximum atomic E-state index is 13.6. The zero-order chi connectivity index (χ0) is 23.7. The van der Waals surface area contributed by atoms with E-state index in [0.717, 1.165) is 5.69 Å². The number of aliphatic hydroxyl groups is 1. The largest absolute Gasteiger partial charge is 0.497 e. The minimum Gasteiger partial charge on any atom is -0.497 e. The van der Waals surface area contributed by atoms with Gasteiger partial charge in [-0.25, -0.2) is 9.91 Å². The van der Waals surface area contributed by atoms with E-state index in [2.05, 4.69) is 5.43 Å². The molecule has 2 heterocycles. The molecular weight excluding hydrogens is 430 g/mol. The van der Waals surface area contributed by atoms with Gasteiger partial charge in [0.15, 0.2) is 0 Å². The van der Waals surface area contributed by atoms with Crippen LogP contribution in [-0.2, 0) is 9.59 Å². The molecule has 0 unspecified atom stereocenters. The van der Waals surface area contributed by atoms with Crippen molar-refractivity contribution in [3.05, 3.63) is 103 Å². The Labute approximate surface area is 197 Å². The van der Waals surface area contributed by atoms with Gasteiger partial charge in [0.1, 0.15) is 11.8 Å². The SMILES string of the molecule is COc1ccc([C@@H](O)[C@H]2C=C[C@H]3C(=O)N(c4ccccc4)C(=O)[C@H]3N2Nc2ccccc2)cc1. The highest BCUT2D eigenvalue weighted by atomic mass is 16.5. The number of fused-ring (bicyclic) bond motifs is 1. The van der Waals surface area contributed by atoms with Gasteiger partial charge in [-0.05, 0) is 42.0 Å². The van der Waals surface area contributed by atoms with Gasteiger partial charge >= 0.3 is 0 Å². The maximum Gasteiger partial charge on any atom is 0.254 e. The highest BCUT2D eigenvalue weighted by Gasteiger charge is 2.54. The average Bonchev–Trinajstić information content (AvgIpc) is 3.15. The Morgan fingerprint density at radius 2 is 1.50 bits per heavy atom. The van der Waals surface area contributed by atoms with Crippen LogP contribution in [0.2, 0.25) is 0 Å². The van der Waals surface area contributed by atoms with E-state index in [4.69, 9.17) is 4.74 Å². The topological polar surface area (TPSA) is 82.1 Å². The lowest BCUT2D eigenvalue weighted by Gasteiger charge is -2.40. The van der Waals surface area contributed by atoms with Crippen LogP contribution in [0.1, 0.15) is 11.7 Å². The van der Waals surface area contributed by atoms with Crippen molar-refractivity contribution in [2.45, 2.75) is 18.2 Å². The number of para-hydroxylation sites is 2.